The number of carbonyl (C=O) groups is 2. The molecule has 28 heavy (non-hydrogen) atoms. The largest absolute Gasteiger partial charge is 0.493 e. The van der Waals surface area contributed by atoms with E-state index in [-0.39, 0.29) is 12.3 Å². The Labute approximate surface area is 180 Å². The lowest BCUT2D eigenvalue weighted by atomic mass is 10.1. The second kappa shape index (κ2) is 8.54. The van der Waals surface area contributed by atoms with Crippen molar-refractivity contribution in [3.05, 3.63) is 56.3 Å². The van der Waals surface area contributed by atoms with Crippen LogP contribution in [0.25, 0.3) is 6.08 Å². The summed E-state index contributed by atoms with van der Waals surface area (Å²) in [5.41, 5.74) is 1.19. The molecule has 2 aromatic rings. The number of rotatable bonds is 5. The third-order valence-corrected chi connectivity index (χ3v) is 4.84. The van der Waals surface area contributed by atoms with Crippen LogP contribution in [0.15, 0.2) is 42.1 Å². The summed E-state index contributed by atoms with van der Waals surface area (Å²) in [5, 5.41) is 3.01. The Hall–Kier alpha value is -2.70. The van der Waals surface area contributed by atoms with Crippen LogP contribution in [0.2, 0.25) is 5.02 Å². The number of nitrogens with one attached hydrogen (secondary N) is 1. The Balaban J connectivity index is 1.94. The molecule has 2 aromatic carbocycles. The fourth-order valence-corrected chi connectivity index (χ4v) is 3.59. The molecular weight excluding hydrogens is 495 g/mol. The Bertz CT molecular complexity index is 1030. The predicted molar refractivity (Wildman–Crippen MR) is 115 cm³/mol. The molecule has 1 fully saturated rings. The van der Waals surface area contributed by atoms with Crippen LogP contribution in [-0.4, -0.2) is 25.7 Å². The van der Waals surface area contributed by atoms with Gasteiger partial charge in [-0.3, -0.25) is 4.79 Å². The van der Waals surface area contributed by atoms with Gasteiger partial charge in [-0.05, 0) is 64.6 Å². The van der Waals surface area contributed by atoms with Gasteiger partial charge in [0.05, 0.1) is 16.4 Å². The van der Waals surface area contributed by atoms with Crippen LogP contribution in [0.5, 0.6) is 11.5 Å². The molecule has 142 valence electrons. The van der Waals surface area contributed by atoms with Crippen molar-refractivity contribution in [3.63, 3.8) is 0 Å². The fraction of sp³-hybridized carbons (Fsp3) is 0.100. The van der Waals surface area contributed by atoms with Crippen LogP contribution in [-0.2, 0) is 4.79 Å². The number of imide groups is 1. The summed E-state index contributed by atoms with van der Waals surface area (Å²) >= 11 is 8.05. The minimum absolute atomic E-state index is 0.107. The van der Waals surface area contributed by atoms with Crippen molar-refractivity contribution in [3.8, 4) is 23.8 Å². The van der Waals surface area contributed by atoms with E-state index in [1.807, 2.05) is 0 Å². The van der Waals surface area contributed by atoms with Crippen molar-refractivity contribution in [1.29, 1.82) is 0 Å². The van der Waals surface area contributed by atoms with E-state index in [0.717, 1.165) is 8.47 Å². The number of anilines is 1. The SMILES string of the molecule is C#CCOc1c(I)cc(/C=C2/NC(=O)N(c3cccc(Cl)c3)C2=O)cc1OC. The number of halogens is 2. The molecule has 3 amide bonds. The Morgan fingerprint density at radius 1 is 1.32 bits per heavy atom. The molecule has 8 heteroatoms. The molecule has 6 nitrogen and oxygen atoms in total. The Kier molecular flexibility index (Phi) is 6.11. The van der Waals surface area contributed by atoms with Crippen LogP contribution < -0.4 is 19.7 Å². The highest BCUT2D eigenvalue weighted by Crippen LogP contribution is 2.35. The zero-order chi connectivity index (χ0) is 20.3. The quantitative estimate of drug-likeness (QED) is 0.286. The number of carbonyl (C=O) groups excluding carboxylic acids is 2. The maximum Gasteiger partial charge on any atom is 0.333 e. The lowest BCUT2D eigenvalue weighted by molar-refractivity contribution is -0.113. The molecule has 1 aliphatic heterocycles. The van der Waals surface area contributed by atoms with Crippen molar-refractivity contribution < 1.29 is 19.1 Å². The Morgan fingerprint density at radius 2 is 2.11 bits per heavy atom. The van der Waals surface area contributed by atoms with Crippen molar-refractivity contribution in [2.24, 2.45) is 0 Å². The summed E-state index contributed by atoms with van der Waals surface area (Å²) < 4.78 is 11.6. The molecule has 1 saturated heterocycles. The fourth-order valence-electron chi connectivity index (χ4n) is 2.63. The van der Waals surface area contributed by atoms with E-state index >= 15 is 0 Å². The zero-order valence-corrected chi connectivity index (χ0v) is 17.6. The number of methoxy groups -OCH3 is 1. The lowest BCUT2D eigenvalue weighted by Gasteiger charge is -2.12. The van der Waals surface area contributed by atoms with Gasteiger partial charge in [0, 0.05) is 5.02 Å². The molecule has 0 saturated carbocycles. The molecule has 0 spiro atoms. The second-order valence-corrected chi connectivity index (χ2v) is 7.23. The van der Waals surface area contributed by atoms with E-state index in [1.165, 1.54) is 7.11 Å². The van der Waals surface area contributed by atoms with Crippen molar-refractivity contribution in [1.82, 2.24) is 5.32 Å². The number of benzene rings is 2. The molecule has 0 radical (unpaired) electrons. The summed E-state index contributed by atoms with van der Waals surface area (Å²) in [5.74, 6) is 2.91. The van der Waals surface area contributed by atoms with E-state index in [2.05, 4.69) is 33.8 Å². The number of amides is 3. The lowest BCUT2D eigenvalue weighted by Crippen LogP contribution is -2.30. The summed E-state index contributed by atoms with van der Waals surface area (Å²) in [6.07, 6.45) is 6.81. The molecule has 0 aromatic heterocycles. The molecule has 1 heterocycles. The van der Waals surface area contributed by atoms with E-state index in [4.69, 9.17) is 27.5 Å². The first-order valence-electron chi connectivity index (χ1n) is 8.01. The highest BCUT2D eigenvalue weighted by Gasteiger charge is 2.35. The zero-order valence-electron chi connectivity index (χ0n) is 14.7. The van der Waals surface area contributed by atoms with Gasteiger partial charge >= 0.3 is 6.03 Å². The van der Waals surface area contributed by atoms with Crippen LogP contribution in [0, 0.1) is 15.9 Å². The standard InChI is InChI=1S/C20H14ClIN2O4/c1-3-7-28-18-15(22)8-12(10-17(18)27-2)9-16-19(25)24(20(26)23-16)14-6-4-5-13(21)11-14/h1,4-6,8-11H,7H2,2H3,(H,23,26)/b16-9+. The second-order valence-electron chi connectivity index (χ2n) is 5.64. The summed E-state index contributed by atoms with van der Waals surface area (Å²) in [6, 6.07) is 9.46. The number of terminal acetylenes is 1. The monoisotopic (exact) mass is 508 g/mol. The summed E-state index contributed by atoms with van der Waals surface area (Å²) in [6.45, 7) is 0.107. The van der Waals surface area contributed by atoms with Gasteiger partial charge in [0.1, 0.15) is 12.3 Å². The first kappa shape index (κ1) is 20.0. The average molecular weight is 509 g/mol. The Morgan fingerprint density at radius 3 is 2.79 bits per heavy atom. The van der Waals surface area contributed by atoms with E-state index in [0.29, 0.717) is 27.8 Å². The molecule has 0 bridgehead atoms. The maximum absolute atomic E-state index is 12.7. The van der Waals surface area contributed by atoms with Gasteiger partial charge in [0.15, 0.2) is 11.5 Å². The van der Waals surface area contributed by atoms with Gasteiger partial charge in [-0.15, -0.1) is 6.42 Å². The van der Waals surface area contributed by atoms with Crippen LogP contribution in [0.4, 0.5) is 10.5 Å². The number of hydrogen-bond acceptors (Lipinski definition) is 4. The van der Waals surface area contributed by atoms with Gasteiger partial charge < -0.3 is 14.8 Å². The van der Waals surface area contributed by atoms with Crippen LogP contribution in [0.3, 0.4) is 0 Å². The molecule has 0 atom stereocenters. The van der Waals surface area contributed by atoms with E-state index < -0.39 is 11.9 Å². The van der Waals surface area contributed by atoms with Crippen molar-refractivity contribution in [2.45, 2.75) is 0 Å². The molecule has 3 rings (SSSR count). The number of nitrogens with zero attached hydrogens (tertiary/aromatic N) is 1. The minimum atomic E-state index is -0.547. The average Bonchev–Trinajstić information content (AvgIpc) is 2.93. The number of ether oxygens (including phenoxy) is 2. The highest BCUT2D eigenvalue weighted by molar-refractivity contribution is 14.1. The smallest absolute Gasteiger partial charge is 0.333 e. The third kappa shape index (κ3) is 4.08. The molecule has 0 unspecified atom stereocenters. The normalized spacial score (nSPS) is 14.8. The predicted octanol–water partition coefficient (Wildman–Crippen LogP) is 4.06. The van der Waals surface area contributed by atoms with Crippen molar-refractivity contribution in [2.75, 3.05) is 18.6 Å². The van der Waals surface area contributed by atoms with E-state index in [9.17, 15) is 9.59 Å². The first-order chi connectivity index (χ1) is 13.4. The van der Waals surface area contributed by atoms with Gasteiger partial charge in [0.25, 0.3) is 5.91 Å². The summed E-state index contributed by atoms with van der Waals surface area (Å²) in [4.78, 5) is 26.1. The van der Waals surface area contributed by atoms with Crippen LogP contribution >= 0.6 is 34.2 Å². The van der Waals surface area contributed by atoms with Gasteiger partial charge in [-0.1, -0.05) is 23.6 Å². The molecule has 0 aliphatic carbocycles. The maximum atomic E-state index is 12.7. The van der Waals surface area contributed by atoms with Crippen molar-refractivity contribution >= 4 is 57.9 Å². The summed E-state index contributed by atoms with van der Waals surface area (Å²) in [7, 11) is 1.51. The van der Waals surface area contributed by atoms with Gasteiger partial charge in [0.2, 0.25) is 0 Å². The van der Waals surface area contributed by atoms with Gasteiger partial charge in [-0.2, -0.15) is 0 Å². The van der Waals surface area contributed by atoms with E-state index in [1.54, 1.807) is 42.5 Å². The highest BCUT2D eigenvalue weighted by atomic mass is 127. The third-order valence-electron chi connectivity index (χ3n) is 3.81. The molecule has 1 N–H and O–H groups in total. The number of hydrogen-bond donors (Lipinski definition) is 1. The topological polar surface area (TPSA) is 67.9 Å². The van der Waals surface area contributed by atoms with Gasteiger partial charge in [-0.25, -0.2) is 9.69 Å². The van der Waals surface area contributed by atoms with Crippen LogP contribution in [0.1, 0.15) is 5.56 Å². The molecular formula is C20H14ClIN2O4. The molecule has 1 aliphatic rings. The minimum Gasteiger partial charge on any atom is -0.493 e. The first-order valence-corrected chi connectivity index (χ1v) is 9.46. The number of urea groups is 1.